The maximum absolute atomic E-state index is 13.9. The van der Waals surface area contributed by atoms with E-state index >= 15 is 0 Å². The number of aliphatic hydroxyl groups is 1. The molecule has 0 spiro atoms. The number of benzene rings is 2. The average molecular weight is 514 g/mol. The molecule has 2 unspecified atom stereocenters. The zero-order valence-corrected chi connectivity index (χ0v) is 22.9. The number of aliphatic hydroxyl groups excluding tert-OH is 1. The van der Waals surface area contributed by atoms with Crippen LogP contribution in [0.1, 0.15) is 64.3 Å². The number of carbonyl (C=O) groups excluding carboxylic acids is 3. The lowest BCUT2D eigenvalue weighted by Gasteiger charge is -2.43. The second-order valence-corrected chi connectivity index (χ2v) is 11.0. The number of carbonyl (C=O) groups is 3. The van der Waals surface area contributed by atoms with Crippen molar-refractivity contribution in [3.63, 3.8) is 0 Å². The molecule has 0 aliphatic carbocycles. The number of nitrogens with zero attached hydrogens (tertiary/aromatic N) is 1. The van der Waals surface area contributed by atoms with Crippen LogP contribution in [0.15, 0.2) is 42.5 Å². The predicted octanol–water partition coefficient (Wildman–Crippen LogP) is 4.20. The second-order valence-electron chi connectivity index (χ2n) is 11.0. The Hall–Kier alpha value is -3.59. The molecule has 2 aromatic carbocycles. The highest BCUT2D eigenvalue weighted by Gasteiger charge is 2.42. The van der Waals surface area contributed by atoms with Crippen LogP contribution in [0, 0.1) is 13.8 Å². The van der Waals surface area contributed by atoms with Crippen molar-refractivity contribution in [1.29, 1.82) is 0 Å². The topological polar surface area (TPSA) is 128 Å². The summed E-state index contributed by atoms with van der Waals surface area (Å²) in [5, 5.41) is 25.3. The fourth-order valence-electron chi connectivity index (χ4n) is 3.93. The first-order chi connectivity index (χ1) is 17.0. The van der Waals surface area contributed by atoms with Crippen molar-refractivity contribution in [1.82, 2.24) is 10.2 Å². The van der Waals surface area contributed by atoms with Crippen molar-refractivity contribution >= 4 is 23.6 Å². The minimum absolute atomic E-state index is 0.00567. The second kappa shape index (κ2) is 11.6. The van der Waals surface area contributed by atoms with Crippen molar-refractivity contribution < 1.29 is 29.3 Å². The molecule has 0 radical (unpaired) electrons. The van der Waals surface area contributed by atoms with Gasteiger partial charge < -0.3 is 30.5 Å². The monoisotopic (exact) mass is 513 g/mol. The Morgan fingerprint density at radius 3 is 1.95 bits per heavy atom. The number of ether oxygens (including phenoxy) is 1. The van der Waals surface area contributed by atoms with E-state index in [1.807, 2.05) is 32.0 Å². The lowest BCUT2D eigenvalue weighted by Crippen LogP contribution is -2.59. The third-order valence-electron chi connectivity index (χ3n) is 5.58. The number of hydrogen-bond donors (Lipinski definition) is 4. The van der Waals surface area contributed by atoms with Crippen molar-refractivity contribution in [3.05, 3.63) is 59.2 Å². The summed E-state index contributed by atoms with van der Waals surface area (Å²) in [7, 11) is 0. The molecule has 9 nitrogen and oxygen atoms in total. The number of anilines is 1. The number of hydrogen-bond acceptors (Lipinski definition) is 6. The fourth-order valence-corrected chi connectivity index (χ4v) is 3.93. The Bertz CT molecular complexity index is 1100. The lowest BCUT2D eigenvalue weighted by atomic mass is 9.95. The summed E-state index contributed by atoms with van der Waals surface area (Å²) in [4.78, 5) is 41.5. The van der Waals surface area contributed by atoms with Crippen LogP contribution in [0.3, 0.4) is 0 Å². The standard InChI is InChI=1S/C28H39N3O6/c1-17-10-9-11-18(2)22(17)30-24(34)23(19-12-14-20(33)15-13-19)31(27(3,4)5)25(35)21(16-32)29-26(36)37-28(6,7)8/h9-15,21,23,32-33H,16H2,1-8H3,(H,29,36)(H,30,34). The van der Waals surface area contributed by atoms with Gasteiger partial charge in [-0.25, -0.2) is 4.79 Å². The summed E-state index contributed by atoms with van der Waals surface area (Å²) in [6.07, 6.45) is -0.866. The zero-order chi connectivity index (χ0) is 28.1. The first-order valence-electron chi connectivity index (χ1n) is 12.1. The van der Waals surface area contributed by atoms with Crippen molar-refractivity contribution in [2.45, 2.75) is 78.6 Å². The number of rotatable bonds is 7. The molecule has 37 heavy (non-hydrogen) atoms. The van der Waals surface area contributed by atoms with E-state index in [4.69, 9.17) is 4.74 Å². The molecule has 4 N–H and O–H groups in total. The minimum atomic E-state index is -1.36. The van der Waals surface area contributed by atoms with E-state index in [0.29, 0.717) is 11.3 Å². The van der Waals surface area contributed by atoms with E-state index in [1.165, 1.54) is 17.0 Å². The zero-order valence-electron chi connectivity index (χ0n) is 22.9. The molecule has 0 saturated heterocycles. The first-order valence-corrected chi connectivity index (χ1v) is 12.1. The van der Waals surface area contributed by atoms with Gasteiger partial charge in [-0.1, -0.05) is 30.3 Å². The van der Waals surface area contributed by atoms with Crippen molar-refractivity contribution in [2.24, 2.45) is 0 Å². The molecule has 0 aliphatic rings. The normalized spacial score (nSPS) is 13.3. The highest BCUT2D eigenvalue weighted by molar-refractivity contribution is 6.00. The number of phenols is 1. The van der Waals surface area contributed by atoms with E-state index in [-0.39, 0.29) is 5.75 Å². The number of nitrogens with one attached hydrogen (secondary N) is 2. The molecule has 202 valence electrons. The van der Waals surface area contributed by atoms with Gasteiger partial charge in [-0.05, 0) is 84.2 Å². The number of alkyl carbamates (subject to hydrolysis) is 1. The van der Waals surface area contributed by atoms with Gasteiger partial charge in [0.25, 0.3) is 5.91 Å². The summed E-state index contributed by atoms with van der Waals surface area (Å²) in [6.45, 7) is 13.4. The van der Waals surface area contributed by atoms with Crippen LogP contribution in [0.4, 0.5) is 10.5 Å². The van der Waals surface area contributed by atoms with Crippen LogP contribution in [0.25, 0.3) is 0 Å². The lowest BCUT2D eigenvalue weighted by molar-refractivity contribution is -0.147. The number of para-hydroxylation sites is 1. The molecule has 0 aliphatic heterocycles. The van der Waals surface area contributed by atoms with E-state index in [9.17, 15) is 24.6 Å². The van der Waals surface area contributed by atoms with Gasteiger partial charge in [-0.3, -0.25) is 9.59 Å². The van der Waals surface area contributed by atoms with Crippen molar-refractivity contribution in [2.75, 3.05) is 11.9 Å². The SMILES string of the molecule is Cc1cccc(C)c1NC(=O)C(c1ccc(O)cc1)N(C(=O)C(CO)NC(=O)OC(C)(C)C)C(C)(C)C. The molecule has 0 aromatic heterocycles. The number of aromatic hydroxyl groups is 1. The highest BCUT2D eigenvalue weighted by Crippen LogP contribution is 2.32. The molecule has 2 atom stereocenters. The Morgan fingerprint density at radius 2 is 1.49 bits per heavy atom. The van der Waals surface area contributed by atoms with Crippen LogP contribution < -0.4 is 10.6 Å². The van der Waals surface area contributed by atoms with E-state index in [2.05, 4.69) is 10.6 Å². The molecule has 2 rings (SSSR count). The smallest absolute Gasteiger partial charge is 0.408 e. The average Bonchev–Trinajstić information content (AvgIpc) is 2.76. The molecule has 2 aromatic rings. The summed E-state index contributed by atoms with van der Waals surface area (Å²) in [5.41, 5.74) is 1.05. The molecule has 0 fully saturated rings. The summed E-state index contributed by atoms with van der Waals surface area (Å²) in [5.74, 6) is -1.15. The van der Waals surface area contributed by atoms with Crippen LogP contribution in [0.2, 0.25) is 0 Å². The third kappa shape index (κ3) is 7.95. The highest BCUT2D eigenvalue weighted by atomic mass is 16.6. The molecule has 9 heteroatoms. The molecule has 3 amide bonds. The Labute approximate surface area is 218 Å². The molecule has 0 saturated carbocycles. The van der Waals surface area contributed by atoms with Crippen molar-refractivity contribution in [3.8, 4) is 5.75 Å². The van der Waals surface area contributed by atoms with Crippen LogP contribution >= 0.6 is 0 Å². The Morgan fingerprint density at radius 1 is 0.946 bits per heavy atom. The Balaban J connectivity index is 2.56. The van der Waals surface area contributed by atoms with Gasteiger partial charge in [0.05, 0.1) is 6.61 Å². The van der Waals surface area contributed by atoms with E-state index in [0.717, 1.165) is 11.1 Å². The van der Waals surface area contributed by atoms with Gasteiger partial charge in [-0.2, -0.15) is 0 Å². The number of phenolic OH excluding ortho intramolecular Hbond substituents is 1. The molecular formula is C28H39N3O6. The summed E-state index contributed by atoms with van der Waals surface area (Å²) in [6, 6.07) is 9.11. The summed E-state index contributed by atoms with van der Waals surface area (Å²) >= 11 is 0. The molecular weight excluding hydrogens is 474 g/mol. The predicted molar refractivity (Wildman–Crippen MR) is 142 cm³/mol. The van der Waals surface area contributed by atoms with Gasteiger partial charge in [0.2, 0.25) is 5.91 Å². The maximum Gasteiger partial charge on any atom is 0.408 e. The summed E-state index contributed by atoms with van der Waals surface area (Å²) < 4.78 is 5.26. The molecule has 0 heterocycles. The van der Waals surface area contributed by atoms with E-state index in [1.54, 1.807) is 53.7 Å². The quantitative estimate of drug-likeness (QED) is 0.439. The van der Waals surface area contributed by atoms with Crippen LogP contribution in [-0.2, 0) is 14.3 Å². The minimum Gasteiger partial charge on any atom is -0.508 e. The fraction of sp³-hybridized carbons (Fsp3) is 0.464. The largest absolute Gasteiger partial charge is 0.508 e. The van der Waals surface area contributed by atoms with E-state index < -0.39 is 47.7 Å². The van der Waals surface area contributed by atoms with Gasteiger partial charge in [-0.15, -0.1) is 0 Å². The van der Waals surface area contributed by atoms with Gasteiger partial charge in [0.1, 0.15) is 23.4 Å². The van der Waals surface area contributed by atoms with Gasteiger partial charge in [0.15, 0.2) is 0 Å². The number of aryl methyl sites for hydroxylation is 2. The van der Waals surface area contributed by atoms with Gasteiger partial charge >= 0.3 is 6.09 Å². The third-order valence-corrected chi connectivity index (χ3v) is 5.58. The first kappa shape index (κ1) is 29.6. The van der Waals surface area contributed by atoms with Crippen LogP contribution in [0.5, 0.6) is 5.75 Å². The maximum atomic E-state index is 13.9. The van der Waals surface area contributed by atoms with Crippen LogP contribution in [-0.4, -0.2) is 56.8 Å². The van der Waals surface area contributed by atoms with Gasteiger partial charge in [0, 0.05) is 11.2 Å². The molecule has 0 bridgehead atoms. The number of amides is 3. The Kier molecular flexibility index (Phi) is 9.33.